The van der Waals surface area contributed by atoms with Crippen LogP contribution in [0.25, 0.3) is 0 Å². The summed E-state index contributed by atoms with van der Waals surface area (Å²) in [6.07, 6.45) is 0.807. The maximum Gasteiger partial charge on any atom is 0.125 e. The Balaban J connectivity index is 1.85. The molecule has 128 valence electrons. The van der Waals surface area contributed by atoms with Gasteiger partial charge in [0.2, 0.25) is 0 Å². The molecule has 0 bridgehead atoms. The molecule has 0 N–H and O–H groups in total. The van der Waals surface area contributed by atoms with Crippen LogP contribution in [0.3, 0.4) is 0 Å². The number of carbonyl (C=O) groups excluding carboxylic acids is 1. The van der Waals surface area contributed by atoms with Crippen LogP contribution in [0, 0.1) is 11.8 Å². The van der Waals surface area contributed by atoms with Crippen molar-refractivity contribution < 1.29 is 14.3 Å². The Kier molecular flexibility index (Phi) is 7.66. The third kappa shape index (κ3) is 5.91. The molecule has 0 fully saturated rings. The number of aldehydes is 1. The predicted molar refractivity (Wildman–Crippen MR) is 95.5 cm³/mol. The van der Waals surface area contributed by atoms with Crippen LogP contribution in [0.15, 0.2) is 60.7 Å². The second kappa shape index (κ2) is 10.0. The fourth-order valence-electron chi connectivity index (χ4n) is 2.71. The number of benzene rings is 2. The van der Waals surface area contributed by atoms with Crippen LogP contribution in [0.1, 0.15) is 25.0 Å². The zero-order valence-electron chi connectivity index (χ0n) is 14.4. The monoisotopic (exact) mass is 326 g/mol. The van der Waals surface area contributed by atoms with E-state index in [0.29, 0.717) is 19.8 Å². The Morgan fingerprint density at radius 2 is 1.42 bits per heavy atom. The predicted octanol–water partition coefficient (Wildman–Crippen LogP) is 4.26. The van der Waals surface area contributed by atoms with Crippen LogP contribution >= 0.6 is 0 Å². The van der Waals surface area contributed by atoms with E-state index in [1.54, 1.807) is 0 Å². The molecule has 0 radical (unpaired) electrons. The number of rotatable bonds is 10. The smallest absolute Gasteiger partial charge is 0.125 e. The Morgan fingerprint density at radius 3 is 1.96 bits per heavy atom. The lowest BCUT2D eigenvalue weighted by Gasteiger charge is -2.27. The van der Waals surface area contributed by atoms with Gasteiger partial charge in [0.05, 0.1) is 25.9 Å². The average Bonchev–Trinajstić information content (AvgIpc) is 2.63. The van der Waals surface area contributed by atoms with E-state index in [9.17, 15) is 4.79 Å². The van der Waals surface area contributed by atoms with Crippen LogP contribution in [-0.2, 0) is 27.5 Å². The SMILES string of the molecule is C[C@@H](C=O)[C@H](OCc1ccccc1)[C@@H](C)COCc1ccccc1. The first-order chi connectivity index (χ1) is 11.7. The Bertz CT molecular complexity index is 583. The van der Waals surface area contributed by atoms with Crippen LogP contribution < -0.4 is 0 Å². The maximum atomic E-state index is 11.2. The van der Waals surface area contributed by atoms with Crippen molar-refractivity contribution in [3.63, 3.8) is 0 Å². The minimum atomic E-state index is -0.163. The molecule has 2 aromatic rings. The molecule has 2 aromatic carbocycles. The summed E-state index contributed by atoms with van der Waals surface area (Å²) in [5.41, 5.74) is 2.26. The molecule has 0 spiro atoms. The van der Waals surface area contributed by atoms with Gasteiger partial charge >= 0.3 is 0 Å². The highest BCUT2D eigenvalue weighted by Crippen LogP contribution is 2.19. The molecule has 0 aliphatic heterocycles. The third-order valence-electron chi connectivity index (χ3n) is 4.07. The number of hydrogen-bond donors (Lipinski definition) is 0. The van der Waals surface area contributed by atoms with Crippen molar-refractivity contribution in [3.05, 3.63) is 71.8 Å². The summed E-state index contributed by atoms with van der Waals surface area (Å²) in [7, 11) is 0. The van der Waals surface area contributed by atoms with E-state index in [4.69, 9.17) is 9.47 Å². The van der Waals surface area contributed by atoms with Crippen molar-refractivity contribution >= 4 is 6.29 Å². The lowest BCUT2D eigenvalue weighted by molar-refractivity contribution is -0.119. The first-order valence-corrected chi connectivity index (χ1v) is 8.43. The van der Waals surface area contributed by atoms with E-state index >= 15 is 0 Å². The molecule has 0 unspecified atom stereocenters. The Labute approximate surface area is 144 Å². The van der Waals surface area contributed by atoms with Gasteiger partial charge in [-0.15, -0.1) is 0 Å². The van der Waals surface area contributed by atoms with E-state index in [1.165, 1.54) is 0 Å². The zero-order valence-corrected chi connectivity index (χ0v) is 14.4. The second-order valence-corrected chi connectivity index (χ2v) is 6.23. The first kappa shape index (κ1) is 18.4. The highest BCUT2D eigenvalue weighted by Gasteiger charge is 2.24. The van der Waals surface area contributed by atoms with Gasteiger partial charge in [-0.2, -0.15) is 0 Å². The quantitative estimate of drug-likeness (QED) is 0.612. The van der Waals surface area contributed by atoms with Crippen molar-refractivity contribution in [1.29, 1.82) is 0 Å². The van der Waals surface area contributed by atoms with E-state index in [0.717, 1.165) is 17.4 Å². The molecule has 0 saturated heterocycles. The van der Waals surface area contributed by atoms with Gasteiger partial charge in [0.25, 0.3) is 0 Å². The summed E-state index contributed by atoms with van der Waals surface area (Å²) < 4.78 is 11.8. The summed E-state index contributed by atoms with van der Waals surface area (Å²) in [5, 5.41) is 0. The maximum absolute atomic E-state index is 11.2. The summed E-state index contributed by atoms with van der Waals surface area (Å²) in [6, 6.07) is 20.1. The van der Waals surface area contributed by atoms with Gasteiger partial charge in [-0.05, 0) is 11.1 Å². The molecule has 3 nitrogen and oxygen atoms in total. The van der Waals surface area contributed by atoms with Crippen molar-refractivity contribution in [2.45, 2.75) is 33.2 Å². The number of hydrogen-bond acceptors (Lipinski definition) is 3. The number of carbonyl (C=O) groups is 1. The molecule has 0 aromatic heterocycles. The van der Waals surface area contributed by atoms with Crippen LogP contribution in [0.2, 0.25) is 0 Å². The average molecular weight is 326 g/mol. The van der Waals surface area contributed by atoms with Crippen molar-refractivity contribution in [2.75, 3.05) is 6.61 Å². The van der Waals surface area contributed by atoms with Gasteiger partial charge in [-0.25, -0.2) is 0 Å². The van der Waals surface area contributed by atoms with Crippen LogP contribution in [0.5, 0.6) is 0 Å². The van der Waals surface area contributed by atoms with Gasteiger partial charge in [0.15, 0.2) is 0 Å². The largest absolute Gasteiger partial charge is 0.376 e. The van der Waals surface area contributed by atoms with Gasteiger partial charge in [-0.3, -0.25) is 0 Å². The number of ether oxygens (including phenoxy) is 2. The van der Waals surface area contributed by atoms with Gasteiger partial charge in [-0.1, -0.05) is 74.5 Å². The molecule has 0 saturated carbocycles. The molecule has 3 heteroatoms. The summed E-state index contributed by atoms with van der Waals surface area (Å²) >= 11 is 0. The fraction of sp³-hybridized carbons (Fsp3) is 0.381. The standard InChI is InChI=1S/C21H26O3/c1-17(13-22)21(24-16-20-11-7-4-8-12-20)18(2)14-23-15-19-9-5-3-6-10-19/h3-13,17-18,21H,14-16H2,1-2H3/t17-,18-,21-/m0/s1. The van der Waals surface area contributed by atoms with E-state index in [1.807, 2.05) is 67.6 Å². The molecule has 2 rings (SSSR count). The molecule has 24 heavy (non-hydrogen) atoms. The Morgan fingerprint density at radius 1 is 0.875 bits per heavy atom. The van der Waals surface area contributed by atoms with Crippen molar-refractivity contribution in [1.82, 2.24) is 0 Å². The van der Waals surface area contributed by atoms with Crippen LogP contribution in [0.4, 0.5) is 0 Å². The lowest BCUT2D eigenvalue weighted by atomic mass is 9.94. The highest BCUT2D eigenvalue weighted by atomic mass is 16.5. The minimum absolute atomic E-state index is 0.137. The molecular formula is C21H26O3. The first-order valence-electron chi connectivity index (χ1n) is 8.43. The van der Waals surface area contributed by atoms with Gasteiger partial charge in [0, 0.05) is 11.8 Å². The lowest BCUT2D eigenvalue weighted by Crippen LogP contribution is -2.32. The molecule has 3 atom stereocenters. The highest BCUT2D eigenvalue weighted by molar-refractivity contribution is 5.53. The zero-order chi connectivity index (χ0) is 17.2. The molecule has 0 aliphatic carbocycles. The van der Waals surface area contributed by atoms with E-state index in [2.05, 4.69) is 6.92 Å². The molecule has 0 amide bonds. The molecule has 0 aliphatic rings. The van der Waals surface area contributed by atoms with E-state index < -0.39 is 0 Å². The Hall–Kier alpha value is -1.97. The topological polar surface area (TPSA) is 35.5 Å². The normalized spacial score (nSPS) is 14.8. The summed E-state index contributed by atoms with van der Waals surface area (Å²) in [5.74, 6) is -0.0262. The van der Waals surface area contributed by atoms with Crippen LogP contribution in [-0.4, -0.2) is 19.0 Å². The van der Waals surface area contributed by atoms with Crippen molar-refractivity contribution in [2.24, 2.45) is 11.8 Å². The summed E-state index contributed by atoms with van der Waals surface area (Å²) in [4.78, 5) is 11.2. The molecular weight excluding hydrogens is 300 g/mol. The van der Waals surface area contributed by atoms with Gasteiger partial charge < -0.3 is 14.3 Å². The fourth-order valence-corrected chi connectivity index (χ4v) is 2.71. The summed E-state index contributed by atoms with van der Waals surface area (Å²) in [6.45, 7) is 5.61. The van der Waals surface area contributed by atoms with Gasteiger partial charge in [0.1, 0.15) is 6.29 Å². The second-order valence-electron chi connectivity index (χ2n) is 6.23. The minimum Gasteiger partial charge on any atom is -0.376 e. The van der Waals surface area contributed by atoms with Crippen molar-refractivity contribution in [3.8, 4) is 0 Å². The third-order valence-corrected chi connectivity index (χ3v) is 4.07. The molecule has 0 heterocycles. The van der Waals surface area contributed by atoms with E-state index in [-0.39, 0.29) is 17.9 Å².